The Hall–Kier alpha value is -2.44. The molecule has 3 N–H and O–H groups in total. The third-order valence-electron chi connectivity index (χ3n) is 2.83. The van der Waals surface area contributed by atoms with Gasteiger partial charge in [0.15, 0.2) is 5.84 Å². The third kappa shape index (κ3) is 2.93. The van der Waals surface area contributed by atoms with E-state index in [0.717, 1.165) is 12.1 Å². The lowest BCUT2D eigenvalue weighted by Gasteiger charge is -2.10. The molecule has 4 nitrogen and oxygen atoms in total. The maximum atomic E-state index is 12.4. The van der Waals surface area contributed by atoms with Crippen molar-refractivity contribution in [2.75, 3.05) is 0 Å². The smallest absolute Gasteiger partial charge is 0.409 e. The van der Waals surface area contributed by atoms with Gasteiger partial charge >= 0.3 is 6.18 Å². The van der Waals surface area contributed by atoms with Crippen molar-refractivity contribution in [3.05, 3.63) is 59.4 Å². The van der Waals surface area contributed by atoms with Crippen LogP contribution < -0.4 is 5.73 Å². The van der Waals surface area contributed by atoms with Gasteiger partial charge in [-0.3, -0.25) is 0 Å². The molecule has 0 saturated carbocycles. The predicted molar refractivity (Wildman–Crippen MR) is 67.5 cm³/mol. The highest BCUT2D eigenvalue weighted by Gasteiger charge is 2.29. The van der Waals surface area contributed by atoms with Crippen LogP contribution in [0.3, 0.4) is 0 Å². The maximum Gasteiger partial charge on any atom is 0.416 e. The second-order valence-electron chi connectivity index (χ2n) is 4.20. The van der Waals surface area contributed by atoms with Crippen LogP contribution in [0.2, 0.25) is 0 Å². The van der Waals surface area contributed by atoms with Crippen molar-refractivity contribution >= 4 is 5.84 Å². The van der Waals surface area contributed by atoms with E-state index < -0.39 is 11.7 Å². The monoisotopic (exact) mass is 283 g/mol. The fraction of sp³-hybridized carbons (Fsp3) is 0.154. The molecule has 106 valence electrons. The van der Waals surface area contributed by atoms with Gasteiger partial charge in [0, 0.05) is 12.7 Å². The van der Waals surface area contributed by atoms with E-state index in [2.05, 4.69) is 5.16 Å². The highest BCUT2D eigenvalue weighted by molar-refractivity contribution is 5.95. The molecule has 1 aromatic carbocycles. The van der Waals surface area contributed by atoms with E-state index in [9.17, 15) is 13.2 Å². The highest BCUT2D eigenvalue weighted by atomic mass is 19.4. The number of halogens is 3. The van der Waals surface area contributed by atoms with E-state index in [1.54, 1.807) is 22.9 Å². The number of hydrogen-bond acceptors (Lipinski definition) is 2. The summed E-state index contributed by atoms with van der Waals surface area (Å²) in [5.41, 5.74) is 5.99. The molecule has 0 fully saturated rings. The molecule has 0 unspecified atom stereocenters. The third-order valence-corrected chi connectivity index (χ3v) is 2.83. The van der Waals surface area contributed by atoms with Crippen LogP contribution in [0.1, 0.15) is 16.8 Å². The average molecular weight is 283 g/mol. The SMILES string of the molecule is N/C(=N/O)c1cccn1Cc1ccc(C(F)(F)F)cc1. The summed E-state index contributed by atoms with van der Waals surface area (Å²) in [6.07, 6.45) is -2.64. The molecule has 0 aliphatic carbocycles. The number of benzene rings is 1. The van der Waals surface area contributed by atoms with E-state index in [0.29, 0.717) is 17.8 Å². The summed E-state index contributed by atoms with van der Waals surface area (Å²) in [4.78, 5) is 0. The minimum atomic E-state index is -4.34. The lowest BCUT2D eigenvalue weighted by Crippen LogP contribution is -2.18. The average Bonchev–Trinajstić information content (AvgIpc) is 2.85. The Morgan fingerprint density at radius 3 is 2.40 bits per heavy atom. The van der Waals surface area contributed by atoms with Crippen molar-refractivity contribution in [3.8, 4) is 0 Å². The van der Waals surface area contributed by atoms with Crippen molar-refractivity contribution < 1.29 is 18.4 Å². The van der Waals surface area contributed by atoms with Gasteiger partial charge in [-0.25, -0.2) is 0 Å². The van der Waals surface area contributed by atoms with Crippen molar-refractivity contribution in [1.82, 2.24) is 4.57 Å². The Morgan fingerprint density at radius 2 is 1.85 bits per heavy atom. The van der Waals surface area contributed by atoms with E-state index in [1.807, 2.05) is 0 Å². The van der Waals surface area contributed by atoms with Crippen molar-refractivity contribution in [2.24, 2.45) is 10.9 Å². The molecule has 0 amide bonds. The van der Waals surface area contributed by atoms with Crippen LogP contribution in [-0.2, 0) is 12.7 Å². The lowest BCUT2D eigenvalue weighted by atomic mass is 10.1. The van der Waals surface area contributed by atoms with Gasteiger partial charge < -0.3 is 15.5 Å². The molecule has 7 heteroatoms. The first kappa shape index (κ1) is 14.0. The maximum absolute atomic E-state index is 12.4. The van der Waals surface area contributed by atoms with Crippen LogP contribution in [0.4, 0.5) is 13.2 Å². The summed E-state index contributed by atoms with van der Waals surface area (Å²) in [5.74, 6) is -0.0538. The molecule has 1 aromatic heterocycles. The molecular formula is C13H12F3N3O. The normalized spacial score (nSPS) is 12.7. The molecule has 2 aromatic rings. The van der Waals surface area contributed by atoms with Crippen LogP contribution in [0.15, 0.2) is 47.8 Å². The zero-order valence-electron chi connectivity index (χ0n) is 10.3. The molecule has 0 spiro atoms. The van der Waals surface area contributed by atoms with E-state index >= 15 is 0 Å². The van der Waals surface area contributed by atoms with Gasteiger partial charge in [0.2, 0.25) is 0 Å². The molecule has 20 heavy (non-hydrogen) atoms. The molecule has 0 aliphatic heterocycles. The van der Waals surface area contributed by atoms with Gasteiger partial charge in [-0.15, -0.1) is 0 Å². The van der Waals surface area contributed by atoms with E-state index in [-0.39, 0.29) is 5.84 Å². The number of hydrogen-bond donors (Lipinski definition) is 2. The van der Waals surface area contributed by atoms with Gasteiger partial charge in [-0.05, 0) is 29.8 Å². The molecular weight excluding hydrogens is 271 g/mol. The molecule has 0 aliphatic rings. The van der Waals surface area contributed by atoms with E-state index in [4.69, 9.17) is 10.9 Å². The number of rotatable bonds is 3. The largest absolute Gasteiger partial charge is 0.416 e. The van der Waals surface area contributed by atoms with Crippen LogP contribution in [0.25, 0.3) is 0 Å². The minimum absolute atomic E-state index is 0.0538. The number of nitrogens with two attached hydrogens (primary N) is 1. The topological polar surface area (TPSA) is 63.5 Å². The zero-order chi connectivity index (χ0) is 14.8. The predicted octanol–water partition coefficient (Wildman–Crippen LogP) is 2.65. The van der Waals surface area contributed by atoms with Crippen LogP contribution in [0, 0.1) is 0 Å². The molecule has 0 atom stereocenters. The highest BCUT2D eigenvalue weighted by Crippen LogP contribution is 2.29. The summed E-state index contributed by atoms with van der Waals surface area (Å²) in [5, 5.41) is 11.6. The fourth-order valence-electron chi connectivity index (χ4n) is 1.83. The quantitative estimate of drug-likeness (QED) is 0.393. The van der Waals surface area contributed by atoms with Gasteiger partial charge in [0.1, 0.15) is 0 Å². The molecule has 2 rings (SSSR count). The summed E-state index contributed by atoms with van der Waals surface area (Å²) in [7, 11) is 0. The summed E-state index contributed by atoms with van der Waals surface area (Å²) >= 11 is 0. The first-order chi connectivity index (χ1) is 9.41. The zero-order valence-corrected chi connectivity index (χ0v) is 10.3. The Morgan fingerprint density at radius 1 is 1.20 bits per heavy atom. The van der Waals surface area contributed by atoms with Crippen molar-refractivity contribution in [2.45, 2.75) is 12.7 Å². The second-order valence-corrected chi connectivity index (χ2v) is 4.20. The fourth-order valence-corrected chi connectivity index (χ4v) is 1.83. The van der Waals surface area contributed by atoms with Crippen LogP contribution in [0.5, 0.6) is 0 Å². The number of oxime groups is 1. The summed E-state index contributed by atoms with van der Waals surface area (Å²) in [6, 6.07) is 8.22. The standard InChI is InChI=1S/C13H12F3N3O/c14-13(15,16)10-5-3-9(4-6-10)8-19-7-1-2-11(19)12(17)18-20/h1-7,20H,8H2,(H2,17,18). The Balaban J connectivity index is 2.21. The molecule has 1 heterocycles. The number of amidine groups is 1. The minimum Gasteiger partial charge on any atom is -0.409 e. The van der Waals surface area contributed by atoms with Crippen molar-refractivity contribution in [3.63, 3.8) is 0 Å². The van der Waals surface area contributed by atoms with Crippen molar-refractivity contribution in [1.29, 1.82) is 0 Å². The number of alkyl halides is 3. The van der Waals surface area contributed by atoms with Gasteiger partial charge in [-0.2, -0.15) is 13.2 Å². The first-order valence-corrected chi connectivity index (χ1v) is 5.71. The summed E-state index contributed by atoms with van der Waals surface area (Å²) in [6.45, 7) is 0.330. The Bertz CT molecular complexity index is 615. The number of aromatic nitrogens is 1. The van der Waals surface area contributed by atoms with Crippen LogP contribution >= 0.6 is 0 Å². The second kappa shape index (κ2) is 5.28. The lowest BCUT2D eigenvalue weighted by molar-refractivity contribution is -0.137. The first-order valence-electron chi connectivity index (χ1n) is 5.71. The van der Waals surface area contributed by atoms with Gasteiger partial charge in [0.25, 0.3) is 0 Å². The van der Waals surface area contributed by atoms with E-state index in [1.165, 1.54) is 12.1 Å². The Labute approximate surface area is 112 Å². The summed E-state index contributed by atoms with van der Waals surface area (Å²) < 4.78 is 39.0. The molecule has 0 radical (unpaired) electrons. The van der Waals surface area contributed by atoms with Crippen LogP contribution in [-0.4, -0.2) is 15.6 Å². The number of nitrogens with zero attached hydrogens (tertiary/aromatic N) is 2. The molecule has 0 bridgehead atoms. The molecule has 0 saturated heterocycles. The van der Waals surface area contributed by atoms with Gasteiger partial charge in [-0.1, -0.05) is 17.3 Å². The Kier molecular flexibility index (Phi) is 3.69. The van der Waals surface area contributed by atoms with Gasteiger partial charge in [0.05, 0.1) is 11.3 Å².